The van der Waals surface area contributed by atoms with E-state index in [2.05, 4.69) is 25.3 Å². The molecule has 3 heterocycles. The van der Waals surface area contributed by atoms with Crippen LogP contribution >= 0.6 is 0 Å². The highest BCUT2D eigenvalue weighted by atomic mass is 19.1. The Hall–Kier alpha value is -4.21. The van der Waals surface area contributed by atoms with Crippen molar-refractivity contribution in [3.63, 3.8) is 0 Å². The standard InChI is InChI=1S/C22H22FN7O2/c1-4-32-22(31)19-12(2)29-30(13(19)3)18-11-17(24)26-21-16(9-10-25-18)20(27-28-21)14-5-7-15(23)8-6-14/h5-11H,4,24H2,1-3H3,(H2,26,27,28). The fraction of sp³-hybridized carbons (Fsp3) is 0.182. The summed E-state index contributed by atoms with van der Waals surface area (Å²) in [6, 6.07) is 9.43. The lowest BCUT2D eigenvalue weighted by Crippen LogP contribution is -2.08. The van der Waals surface area contributed by atoms with Crippen molar-refractivity contribution in [1.82, 2.24) is 29.9 Å². The second-order valence-corrected chi connectivity index (χ2v) is 7.07. The molecule has 0 amide bonds. The second kappa shape index (κ2) is 8.50. The van der Waals surface area contributed by atoms with E-state index in [-0.39, 0.29) is 18.2 Å². The minimum atomic E-state index is -0.438. The van der Waals surface area contributed by atoms with Crippen LogP contribution in [-0.4, -0.2) is 42.5 Å². The molecule has 0 saturated heterocycles. The summed E-state index contributed by atoms with van der Waals surface area (Å²) in [7, 11) is 0. The molecule has 4 aromatic rings. The zero-order chi connectivity index (χ0) is 22.8. The first-order valence-corrected chi connectivity index (χ1v) is 9.95. The van der Waals surface area contributed by atoms with Gasteiger partial charge in [-0.1, -0.05) is 0 Å². The van der Waals surface area contributed by atoms with Crippen LogP contribution in [0.1, 0.15) is 28.7 Å². The lowest BCUT2D eigenvalue weighted by atomic mass is 10.1. The number of carbonyl (C=O) groups is 1. The maximum absolute atomic E-state index is 13.3. The number of nitrogens with one attached hydrogen (secondary N) is 2. The van der Waals surface area contributed by atoms with Crippen molar-refractivity contribution in [2.45, 2.75) is 20.8 Å². The molecule has 0 aliphatic carbocycles. The lowest BCUT2D eigenvalue weighted by Gasteiger charge is -2.03. The van der Waals surface area contributed by atoms with Gasteiger partial charge in [-0.3, -0.25) is 5.10 Å². The fourth-order valence-electron chi connectivity index (χ4n) is 3.46. The van der Waals surface area contributed by atoms with Crippen LogP contribution in [0.25, 0.3) is 28.1 Å². The van der Waals surface area contributed by atoms with Gasteiger partial charge in [-0.2, -0.15) is 10.2 Å². The molecule has 0 bridgehead atoms. The van der Waals surface area contributed by atoms with E-state index < -0.39 is 5.97 Å². The van der Waals surface area contributed by atoms with Gasteiger partial charge in [0.2, 0.25) is 0 Å². The molecule has 0 unspecified atom stereocenters. The van der Waals surface area contributed by atoms with Gasteiger partial charge in [0.15, 0.2) is 11.5 Å². The number of ether oxygens (including phenoxy) is 1. The van der Waals surface area contributed by atoms with Gasteiger partial charge >= 0.3 is 5.97 Å². The monoisotopic (exact) mass is 435 g/mol. The van der Waals surface area contributed by atoms with E-state index in [9.17, 15) is 9.18 Å². The van der Waals surface area contributed by atoms with E-state index >= 15 is 0 Å². The van der Waals surface area contributed by atoms with Gasteiger partial charge in [0.25, 0.3) is 0 Å². The Morgan fingerprint density at radius 3 is 2.69 bits per heavy atom. The molecule has 32 heavy (non-hydrogen) atoms. The molecule has 4 N–H and O–H groups in total. The summed E-state index contributed by atoms with van der Waals surface area (Å²) in [5, 5.41) is 12.4. The molecule has 0 saturated carbocycles. The molecule has 0 aliphatic heterocycles. The highest BCUT2D eigenvalue weighted by molar-refractivity contribution is 5.92. The van der Waals surface area contributed by atoms with E-state index in [4.69, 9.17) is 10.5 Å². The molecule has 1 aromatic carbocycles. The zero-order valence-electron chi connectivity index (χ0n) is 17.8. The number of aromatic nitrogens is 6. The Kier molecular flexibility index (Phi) is 5.59. The van der Waals surface area contributed by atoms with Crippen LogP contribution in [0, 0.1) is 19.7 Å². The number of nitrogens with zero attached hydrogens (tertiary/aromatic N) is 4. The van der Waals surface area contributed by atoms with Crippen molar-refractivity contribution < 1.29 is 13.9 Å². The zero-order valence-corrected chi connectivity index (χ0v) is 17.8. The van der Waals surface area contributed by atoms with E-state index in [1.54, 1.807) is 51.2 Å². The number of anilines is 1. The number of hydrogen-bond donors (Lipinski definition) is 3. The van der Waals surface area contributed by atoms with Gasteiger partial charge in [-0.05, 0) is 51.1 Å². The second-order valence-electron chi connectivity index (χ2n) is 7.07. The summed E-state index contributed by atoms with van der Waals surface area (Å²) < 4.78 is 20.0. The average Bonchev–Trinajstić information content (AvgIpc) is 3.29. The Balaban J connectivity index is 1.86. The number of fused-ring (bicyclic) bond motifs is 1. The van der Waals surface area contributed by atoms with Gasteiger partial charge in [0.1, 0.15) is 17.2 Å². The first kappa shape index (κ1) is 21.0. The van der Waals surface area contributed by atoms with Crippen molar-refractivity contribution in [2.75, 3.05) is 12.3 Å². The number of hydrogen-bond acceptors (Lipinski definition) is 6. The smallest absolute Gasteiger partial charge is 0.341 e. The maximum atomic E-state index is 13.3. The van der Waals surface area contributed by atoms with Crippen molar-refractivity contribution >= 4 is 22.8 Å². The molecule has 0 radical (unpaired) electrons. The van der Waals surface area contributed by atoms with Crippen molar-refractivity contribution in [3.05, 3.63) is 65.4 Å². The van der Waals surface area contributed by atoms with E-state index in [0.29, 0.717) is 39.5 Å². The van der Waals surface area contributed by atoms with Crippen LogP contribution in [-0.2, 0) is 4.74 Å². The van der Waals surface area contributed by atoms with E-state index in [0.717, 1.165) is 5.56 Å². The number of nitrogen functional groups attached to an aromatic ring is 1. The van der Waals surface area contributed by atoms with Crippen LogP contribution in [0.2, 0.25) is 0 Å². The van der Waals surface area contributed by atoms with Gasteiger partial charge in [0.05, 0.1) is 23.7 Å². The van der Waals surface area contributed by atoms with Crippen LogP contribution in [0.4, 0.5) is 10.2 Å². The number of H-pyrrole nitrogens is 2. The molecule has 3 aromatic heterocycles. The van der Waals surface area contributed by atoms with Crippen molar-refractivity contribution in [3.8, 4) is 17.1 Å². The molecule has 10 heteroatoms. The molecule has 9 nitrogen and oxygen atoms in total. The maximum Gasteiger partial charge on any atom is 0.341 e. The number of carbonyl (C=O) groups excluding carboxylic acids is 1. The number of aromatic amines is 2. The minimum Gasteiger partial charge on any atom is -0.462 e. The van der Waals surface area contributed by atoms with E-state index in [1.165, 1.54) is 16.8 Å². The predicted octanol–water partition coefficient (Wildman–Crippen LogP) is 3.78. The third-order valence-electron chi connectivity index (χ3n) is 4.92. The minimum absolute atomic E-state index is 0.269. The summed E-state index contributed by atoms with van der Waals surface area (Å²) >= 11 is 0. The molecular formula is C22H22FN7O2. The van der Waals surface area contributed by atoms with Gasteiger partial charge < -0.3 is 15.5 Å². The molecule has 0 atom stereocenters. The molecule has 0 aliphatic rings. The topological polar surface area (TPSA) is 128 Å². The number of nitrogens with two attached hydrogens (primary N) is 1. The van der Waals surface area contributed by atoms with E-state index in [1.807, 2.05) is 0 Å². The van der Waals surface area contributed by atoms with Crippen LogP contribution in [0.5, 0.6) is 0 Å². The molecule has 4 rings (SSSR count). The highest BCUT2D eigenvalue weighted by Gasteiger charge is 2.20. The van der Waals surface area contributed by atoms with Crippen LogP contribution in [0.3, 0.4) is 0 Å². The third kappa shape index (κ3) is 3.89. The number of rotatable bonds is 4. The van der Waals surface area contributed by atoms with Crippen molar-refractivity contribution in [2.24, 2.45) is 0 Å². The summed E-state index contributed by atoms with van der Waals surface area (Å²) in [6.45, 7) is 5.52. The summed E-state index contributed by atoms with van der Waals surface area (Å²) in [6.07, 6.45) is 1.59. The Labute approximate surface area is 182 Å². The highest BCUT2D eigenvalue weighted by Crippen LogP contribution is 2.25. The van der Waals surface area contributed by atoms with Crippen molar-refractivity contribution in [1.29, 1.82) is 0 Å². The summed E-state index contributed by atoms with van der Waals surface area (Å²) in [5.41, 5.74) is 9.63. The quantitative estimate of drug-likeness (QED) is 0.419. The molecular weight excluding hydrogens is 413 g/mol. The van der Waals surface area contributed by atoms with Gasteiger partial charge in [-0.25, -0.2) is 18.9 Å². The van der Waals surface area contributed by atoms with Gasteiger partial charge in [-0.15, -0.1) is 0 Å². The first-order chi connectivity index (χ1) is 15.4. The summed E-state index contributed by atoms with van der Waals surface area (Å²) in [5.74, 6) is -0.0850. The molecule has 0 fully saturated rings. The SMILES string of the molecule is CCOC(=O)c1c(C)nn(-c2cc(N)[nH]c3n[nH]c(-c4ccc(F)cc4)c3ccn2)c1C. The number of benzene rings is 1. The number of aryl methyl sites for hydroxylation is 1. The normalized spacial score (nSPS) is 10.9. The number of esters is 1. The van der Waals surface area contributed by atoms with Gasteiger partial charge in [0, 0.05) is 23.2 Å². The Morgan fingerprint density at radius 2 is 1.97 bits per heavy atom. The lowest BCUT2D eigenvalue weighted by molar-refractivity contribution is 0.0524. The Bertz CT molecular complexity index is 1350. The third-order valence-corrected chi connectivity index (χ3v) is 4.92. The van der Waals surface area contributed by atoms with Crippen LogP contribution < -0.4 is 5.73 Å². The predicted molar refractivity (Wildman–Crippen MR) is 118 cm³/mol. The molecule has 0 spiro atoms. The largest absolute Gasteiger partial charge is 0.462 e. The molecule has 164 valence electrons. The number of halogens is 1. The van der Waals surface area contributed by atoms with Crippen LogP contribution in [0.15, 0.2) is 42.6 Å². The first-order valence-electron chi connectivity index (χ1n) is 9.95. The summed E-state index contributed by atoms with van der Waals surface area (Å²) in [4.78, 5) is 19.9. The Morgan fingerprint density at radius 1 is 1.22 bits per heavy atom. The fourth-order valence-corrected chi connectivity index (χ4v) is 3.46. The average molecular weight is 435 g/mol.